The molecule has 0 fully saturated rings. The minimum atomic E-state index is -0.475. The van der Waals surface area contributed by atoms with Crippen LogP contribution in [0.3, 0.4) is 0 Å². The molecule has 0 bridgehead atoms. The minimum absolute atomic E-state index is 0.0149. The maximum absolute atomic E-state index is 13.3. The first-order chi connectivity index (χ1) is 13.1. The van der Waals surface area contributed by atoms with E-state index in [2.05, 4.69) is 10.5 Å². The molecule has 1 aromatic heterocycles. The van der Waals surface area contributed by atoms with Crippen LogP contribution in [0.15, 0.2) is 53.1 Å². The molecule has 6 nitrogen and oxygen atoms in total. The third-order valence-corrected chi connectivity index (χ3v) is 3.66. The molecule has 3 rings (SSSR count). The lowest BCUT2D eigenvalue weighted by atomic mass is 10.1. The molecule has 0 aliphatic heterocycles. The summed E-state index contributed by atoms with van der Waals surface area (Å²) in [5.41, 5.74) is 1.43. The molecule has 0 radical (unpaired) electrons. The average Bonchev–Trinajstić information content (AvgIpc) is 3.15. The third-order valence-electron chi connectivity index (χ3n) is 3.66. The summed E-state index contributed by atoms with van der Waals surface area (Å²) in [4.78, 5) is 12.4. The lowest BCUT2D eigenvalue weighted by molar-refractivity contribution is 0.0988. The van der Waals surface area contributed by atoms with Crippen LogP contribution < -0.4 is 14.8 Å². The number of halogens is 1. The van der Waals surface area contributed by atoms with Crippen LogP contribution in [0.25, 0.3) is 11.3 Å². The van der Waals surface area contributed by atoms with Crippen LogP contribution in [0, 0.1) is 5.82 Å². The lowest BCUT2D eigenvalue weighted by Crippen LogP contribution is -2.11. The second kappa shape index (κ2) is 8.35. The molecular formula is C20H19FN2O4. The van der Waals surface area contributed by atoms with Gasteiger partial charge >= 0.3 is 0 Å². The van der Waals surface area contributed by atoms with Gasteiger partial charge in [-0.15, -0.1) is 0 Å². The van der Waals surface area contributed by atoms with Crippen LogP contribution in [0.2, 0.25) is 0 Å². The monoisotopic (exact) mass is 370 g/mol. The molecule has 0 atom stereocenters. The maximum Gasteiger partial charge on any atom is 0.294 e. The number of carbonyl (C=O) groups excluding carboxylic acids is 1. The van der Waals surface area contributed by atoms with Gasteiger partial charge in [0.2, 0.25) is 5.76 Å². The smallest absolute Gasteiger partial charge is 0.294 e. The molecule has 27 heavy (non-hydrogen) atoms. The summed E-state index contributed by atoms with van der Waals surface area (Å²) in [5, 5.41) is 6.55. The average molecular weight is 370 g/mol. The van der Waals surface area contributed by atoms with Gasteiger partial charge < -0.3 is 19.3 Å². The Balaban J connectivity index is 1.76. The zero-order valence-corrected chi connectivity index (χ0v) is 15.0. The summed E-state index contributed by atoms with van der Waals surface area (Å²) < 4.78 is 29.5. The van der Waals surface area contributed by atoms with Gasteiger partial charge in [0.05, 0.1) is 13.2 Å². The fourth-order valence-electron chi connectivity index (χ4n) is 2.49. The van der Waals surface area contributed by atoms with Gasteiger partial charge in [-0.1, -0.05) is 17.3 Å². The molecule has 1 N–H and O–H groups in total. The van der Waals surface area contributed by atoms with E-state index in [1.165, 1.54) is 18.2 Å². The first-order valence-corrected chi connectivity index (χ1v) is 8.54. The van der Waals surface area contributed by atoms with Gasteiger partial charge in [-0.05, 0) is 38.1 Å². The third kappa shape index (κ3) is 4.44. The van der Waals surface area contributed by atoms with Gasteiger partial charge in [0.15, 0.2) is 11.5 Å². The number of aromatic nitrogens is 1. The Kier molecular flexibility index (Phi) is 5.71. The van der Waals surface area contributed by atoms with Crippen molar-refractivity contribution in [1.82, 2.24) is 5.16 Å². The highest BCUT2D eigenvalue weighted by Crippen LogP contribution is 2.31. The molecule has 0 saturated carbocycles. The highest BCUT2D eigenvalue weighted by molar-refractivity contribution is 6.02. The normalized spacial score (nSPS) is 10.5. The largest absolute Gasteiger partial charge is 0.490 e. The molecular weight excluding hydrogens is 351 g/mol. The standard InChI is InChI=1S/C20H19FN2O4/c1-3-25-17-9-8-15(11-18(17)26-4-2)22-20(24)19-12-16(23-27-19)13-6-5-7-14(21)10-13/h5-12H,3-4H2,1-2H3,(H,22,24). The highest BCUT2D eigenvalue weighted by atomic mass is 19.1. The van der Waals surface area contributed by atoms with Crippen LogP contribution in [0.5, 0.6) is 11.5 Å². The molecule has 0 aliphatic carbocycles. The Morgan fingerprint density at radius 1 is 1.07 bits per heavy atom. The fraction of sp³-hybridized carbons (Fsp3) is 0.200. The lowest BCUT2D eigenvalue weighted by Gasteiger charge is -2.12. The van der Waals surface area contributed by atoms with Crippen LogP contribution in [0.1, 0.15) is 24.4 Å². The number of nitrogens with zero attached hydrogens (tertiary/aromatic N) is 1. The molecule has 7 heteroatoms. The van der Waals surface area contributed by atoms with E-state index in [4.69, 9.17) is 14.0 Å². The molecule has 0 spiro atoms. The molecule has 0 unspecified atom stereocenters. The Bertz CT molecular complexity index is 939. The number of hydrogen-bond acceptors (Lipinski definition) is 5. The Morgan fingerprint density at radius 3 is 2.59 bits per heavy atom. The summed E-state index contributed by atoms with van der Waals surface area (Å²) in [6, 6.07) is 12.5. The summed E-state index contributed by atoms with van der Waals surface area (Å²) in [6.45, 7) is 4.72. The van der Waals surface area contributed by atoms with E-state index in [-0.39, 0.29) is 11.6 Å². The number of nitrogens with one attached hydrogen (secondary N) is 1. The van der Waals surface area contributed by atoms with E-state index in [1.807, 2.05) is 13.8 Å². The predicted octanol–water partition coefficient (Wildman–Crippen LogP) is 4.53. The van der Waals surface area contributed by atoms with Gasteiger partial charge in [-0.3, -0.25) is 4.79 Å². The number of rotatable bonds is 7. The Hall–Kier alpha value is -3.35. The van der Waals surface area contributed by atoms with Crippen LogP contribution in [-0.4, -0.2) is 24.3 Å². The second-order valence-electron chi connectivity index (χ2n) is 5.57. The van der Waals surface area contributed by atoms with E-state index in [0.29, 0.717) is 41.7 Å². The van der Waals surface area contributed by atoms with E-state index in [9.17, 15) is 9.18 Å². The van der Waals surface area contributed by atoms with Gasteiger partial charge in [-0.25, -0.2) is 4.39 Å². The first-order valence-electron chi connectivity index (χ1n) is 8.54. The first kappa shape index (κ1) is 18.4. The van der Waals surface area contributed by atoms with Crippen molar-refractivity contribution in [1.29, 1.82) is 0 Å². The van der Waals surface area contributed by atoms with E-state index < -0.39 is 5.91 Å². The van der Waals surface area contributed by atoms with Crippen molar-refractivity contribution in [3.63, 3.8) is 0 Å². The highest BCUT2D eigenvalue weighted by Gasteiger charge is 2.16. The molecule has 0 aliphatic rings. The zero-order valence-electron chi connectivity index (χ0n) is 15.0. The number of hydrogen-bond donors (Lipinski definition) is 1. The van der Waals surface area contributed by atoms with Crippen molar-refractivity contribution in [2.24, 2.45) is 0 Å². The second-order valence-corrected chi connectivity index (χ2v) is 5.57. The molecule has 0 saturated heterocycles. The summed E-state index contributed by atoms with van der Waals surface area (Å²) >= 11 is 0. The van der Waals surface area contributed by atoms with E-state index in [0.717, 1.165) is 0 Å². The van der Waals surface area contributed by atoms with Crippen LogP contribution >= 0.6 is 0 Å². The Labute approximate surface area is 155 Å². The summed E-state index contributed by atoms with van der Waals surface area (Å²) in [6.07, 6.45) is 0. The van der Waals surface area contributed by atoms with Gasteiger partial charge in [0.1, 0.15) is 11.5 Å². The van der Waals surface area contributed by atoms with Gasteiger partial charge in [0.25, 0.3) is 5.91 Å². The molecule has 2 aromatic carbocycles. The molecule has 1 amide bonds. The maximum atomic E-state index is 13.3. The molecule has 1 heterocycles. The zero-order chi connectivity index (χ0) is 19.2. The SMILES string of the molecule is CCOc1ccc(NC(=O)c2cc(-c3cccc(F)c3)no2)cc1OCC. The van der Waals surface area contributed by atoms with Gasteiger partial charge in [0, 0.05) is 23.4 Å². The minimum Gasteiger partial charge on any atom is -0.490 e. The molecule has 3 aromatic rings. The van der Waals surface area contributed by atoms with Crippen molar-refractivity contribution in [2.45, 2.75) is 13.8 Å². The number of anilines is 1. The van der Waals surface area contributed by atoms with Crippen LogP contribution in [-0.2, 0) is 0 Å². The Morgan fingerprint density at radius 2 is 1.85 bits per heavy atom. The quantitative estimate of drug-likeness (QED) is 0.661. The topological polar surface area (TPSA) is 73.6 Å². The van der Waals surface area contributed by atoms with E-state index >= 15 is 0 Å². The number of benzene rings is 2. The van der Waals surface area contributed by atoms with Crippen molar-refractivity contribution in [3.8, 4) is 22.8 Å². The number of amides is 1. The van der Waals surface area contributed by atoms with Crippen LogP contribution in [0.4, 0.5) is 10.1 Å². The van der Waals surface area contributed by atoms with E-state index in [1.54, 1.807) is 30.3 Å². The number of carbonyl (C=O) groups is 1. The van der Waals surface area contributed by atoms with Crippen molar-refractivity contribution < 1.29 is 23.2 Å². The van der Waals surface area contributed by atoms with Gasteiger partial charge in [-0.2, -0.15) is 0 Å². The van der Waals surface area contributed by atoms with Crippen molar-refractivity contribution in [3.05, 3.63) is 60.1 Å². The summed E-state index contributed by atoms with van der Waals surface area (Å²) in [5.74, 6) is 0.290. The van der Waals surface area contributed by atoms with Crippen molar-refractivity contribution >= 4 is 11.6 Å². The summed E-state index contributed by atoms with van der Waals surface area (Å²) in [7, 11) is 0. The fourth-order valence-corrected chi connectivity index (χ4v) is 2.49. The predicted molar refractivity (Wildman–Crippen MR) is 98.6 cm³/mol. The molecule has 140 valence electrons. The van der Waals surface area contributed by atoms with Crippen molar-refractivity contribution in [2.75, 3.05) is 18.5 Å². The number of ether oxygens (including phenoxy) is 2.